The van der Waals surface area contributed by atoms with E-state index in [2.05, 4.69) is 10.3 Å². The number of pyridine rings is 1. The van der Waals surface area contributed by atoms with Gasteiger partial charge in [0.2, 0.25) is 5.91 Å². The third kappa shape index (κ3) is 7.95. The number of nitrogens with one attached hydrogen (secondary N) is 2. The van der Waals surface area contributed by atoms with Crippen molar-refractivity contribution in [1.82, 2.24) is 15.0 Å². The van der Waals surface area contributed by atoms with Crippen LogP contribution < -0.4 is 10.0 Å². The smallest absolute Gasteiger partial charge is 0.357 e. The Bertz CT molecular complexity index is 1080. The van der Waals surface area contributed by atoms with E-state index in [-0.39, 0.29) is 28.2 Å². The molecule has 0 aliphatic rings. The maximum atomic E-state index is 12.6. The largest absolute Gasteiger partial charge is 0.458 e. The van der Waals surface area contributed by atoms with Crippen molar-refractivity contribution in [2.75, 3.05) is 6.54 Å². The number of carbonyl (C=O) groups is 3. The van der Waals surface area contributed by atoms with E-state index in [0.717, 1.165) is 18.2 Å². The summed E-state index contributed by atoms with van der Waals surface area (Å²) in [6.07, 6.45) is 4.07. The first kappa shape index (κ1) is 27.0. The topological polar surface area (TPSA) is 132 Å². The molecule has 2 rings (SSSR count). The molecule has 0 aliphatic carbocycles. The van der Waals surface area contributed by atoms with Gasteiger partial charge in [-0.2, -0.15) is 0 Å². The molecule has 1 aromatic carbocycles. The molecule has 2 N–H and O–H groups in total. The molecular weight excluding hydrogens is 458 g/mol. The van der Waals surface area contributed by atoms with Crippen LogP contribution in [0.1, 0.15) is 72.9 Å². The van der Waals surface area contributed by atoms with Crippen LogP contribution in [0.4, 0.5) is 0 Å². The van der Waals surface area contributed by atoms with Gasteiger partial charge in [0.1, 0.15) is 11.8 Å². The summed E-state index contributed by atoms with van der Waals surface area (Å²) in [4.78, 5) is 39.9. The first-order valence-corrected chi connectivity index (χ1v) is 12.8. The molecular formula is C24H31N3O6S. The van der Waals surface area contributed by atoms with Crippen molar-refractivity contribution >= 4 is 27.8 Å². The van der Waals surface area contributed by atoms with Crippen molar-refractivity contribution in [2.24, 2.45) is 0 Å². The molecule has 0 atom stereocenters. The van der Waals surface area contributed by atoms with Crippen molar-refractivity contribution < 1.29 is 27.5 Å². The van der Waals surface area contributed by atoms with Crippen LogP contribution in [0.2, 0.25) is 0 Å². The number of hydrogen-bond donors (Lipinski definition) is 2. The van der Waals surface area contributed by atoms with E-state index in [1.54, 1.807) is 12.1 Å². The van der Waals surface area contributed by atoms with Gasteiger partial charge in [-0.1, -0.05) is 32.9 Å². The van der Waals surface area contributed by atoms with Crippen LogP contribution in [0.15, 0.2) is 47.5 Å². The average Bonchev–Trinajstić information content (AvgIpc) is 2.82. The molecule has 0 bridgehead atoms. The molecule has 1 aromatic heterocycles. The second-order valence-corrected chi connectivity index (χ2v) is 9.39. The van der Waals surface area contributed by atoms with Crippen molar-refractivity contribution in [1.29, 1.82) is 0 Å². The highest BCUT2D eigenvalue weighted by molar-refractivity contribution is 7.90. The number of ether oxygens (including phenoxy) is 1. The van der Waals surface area contributed by atoms with Gasteiger partial charge in [0, 0.05) is 19.2 Å². The van der Waals surface area contributed by atoms with Crippen LogP contribution in [-0.2, 0) is 26.0 Å². The van der Waals surface area contributed by atoms with Crippen LogP contribution >= 0.6 is 0 Å². The summed E-state index contributed by atoms with van der Waals surface area (Å²) in [6.45, 7) is 6.19. The highest BCUT2D eigenvalue weighted by Gasteiger charge is 2.20. The lowest BCUT2D eigenvalue weighted by atomic mass is 10.1. The van der Waals surface area contributed by atoms with E-state index in [1.165, 1.54) is 24.3 Å². The summed E-state index contributed by atoms with van der Waals surface area (Å²) < 4.78 is 32.5. The molecule has 10 heteroatoms. The maximum Gasteiger partial charge on any atom is 0.357 e. The zero-order valence-electron chi connectivity index (χ0n) is 19.7. The Balaban J connectivity index is 1.97. The monoisotopic (exact) mass is 489 g/mol. The number of esters is 1. The second-order valence-electron chi connectivity index (χ2n) is 7.70. The van der Waals surface area contributed by atoms with Crippen molar-refractivity contribution in [3.63, 3.8) is 0 Å². The first-order valence-electron chi connectivity index (χ1n) is 11.3. The third-order valence-corrected chi connectivity index (χ3v) is 6.44. The van der Waals surface area contributed by atoms with E-state index in [4.69, 9.17) is 4.74 Å². The molecule has 9 nitrogen and oxygen atoms in total. The lowest BCUT2D eigenvalue weighted by molar-refractivity contribution is -0.121. The highest BCUT2D eigenvalue weighted by atomic mass is 32.2. The Morgan fingerprint density at radius 2 is 1.68 bits per heavy atom. The summed E-state index contributed by atoms with van der Waals surface area (Å²) in [5.74, 6) is -1.48. The minimum absolute atomic E-state index is 0.0119. The molecule has 0 saturated heterocycles. The number of hydrogen-bond acceptors (Lipinski definition) is 7. The summed E-state index contributed by atoms with van der Waals surface area (Å²) in [7, 11) is -4.10. The van der Waals surface area contributed by atoms with Crippen molar-refractivity contribution in [3.8, 4) is 0 Å². The number of aromatic nitrogens is 1. The Kier molecular flexibility index (Phi) is 10.2. The van der Waals surface area contributed by atoms with Gasteiger partial charge in [-0.05, 0) is 55.5 Å². The van der Waals surface area contributed by atoms with Crippen LogP contribution in [0, 0.1) is 0 Å². The number of amides is 2. The summed E-state index contributed by atoms with van der Waals surface area (Å²) in [5.41, 5.74) is 0.872. The predicted molar refractivity (Wildman–Crippen MR) is 127 cm³/mol. The molecule has 2 amide bonds. The minimum atomic E-state index is -4.10. The number of benzene rings is 1. The molecule has 2 aromatic rings. The predicted octanol–water partition coefficient (Wildman–Crippen LogP) is 3.00. The Labute approximate surface area is 200 Å². The number of carbonyl (C=O) groups excluding carboxylic acids is 3. The Hall–Kier alpha value is -3.27. The molecule has 0 unspecified atom stereocenters. The molecule has 0 radical (unpaired) electrons. The molecule has 0 saturated carbocycles. The number of sulfonamides is 1. The average molecular weight is 490 g/mol. The zero-order chi connectivity index (χ0) is 25.1. The summed E-state index contributed by atoms with van der Waals surface area (Å²) >= 11 is 0. The quantitative estimate of drug-likeness (QED) is 0.438. The van der Waals surface area contributed by atoms with Gasteiger partial charge in [0.25, 0.3) is 15.9 Å². The van der Waals surface area contributed by atoms with Crippen LogP contribution in [0.5, 0.6) is 0 Å². The second kappa shape index (κ2) is 12.8. The first-order chi connectivity index (χ1) is 16.2. The van der Waals surface area contributed by atoms with Crippen molar-refractivity contribution in [3.05, 3.63) is 59.4 Å². The van der Waals surface area contributed by atoms with E-state index < -0.39 is 21.9 Å². The normalized spacial score (nSPS) is 11.2. The van der Waals surface area contributed by atoms with Crippen LogP contribution in [0.3, 0.4) is 0 Å². The molecule has 0 fully saturated rings. The summed E-state index contributed by atoms with van der Waals surface area (Å²) in [6, 6.07) is 8.69. The fourth-order valence-electron chi connectivity index (χ4n) is 3.05. The number of rotatable bonds is 12. The Morgan fingerprint density at radius 1 is 1.00 bits per heavy atom. The van der Waals surface area contributed by atoms with Crippen molar-refractivity contribution in [2.45, 2.75) is 63.9 Å². The van der Waals surface area contributed by atoms with Gasteiger partial charge >= 0.3 is 5.97 Å². The fraction of sp³-hybridized carbons (Fsp3) is 0.417. The lowest BCUT2D eigenvalue weighted by Gasteiger charge is -2.13. The summed E-state index contributed by atoms with van der Waals surface area (Å²) in [5, 5.41) is 2.80. The fourth-order valence-corrected chi connectivity index (χ4v) is 4.03. The molecule has 184 valence electrons. The highest BCUT2D eigenvalue weighted by Crippen LogP contribution is 2.13. The zero-order valence-corrected chi connectivity index (χ0v) is 20.5. The molecule has 0 aliphatic heterocycles. The van der Waals surface area contributed by atoms with Gasteiger partial charge in [-0.15, -0.1) is 0 Å². The van der Waals surface area contributed by atoms with E-state index in [9.17, 15) is 22.8 Å². The SMILES string of the molecule is CCCC(=O)NCCc1ccc(S(=O)(=O)NC(=O)c2ccc(C(=O)OC(CC)CC)nc2)cc1. The Morgan fingerprint density at radius 3 is 2.24 bits per heavy atom. The molecule has 0 spiro atoms. The van der Waals surface area contributed by atoms with E-state index in [0.29, 0.717) is 32.2 Å². The van der Waals surface area contributed by atoms with E-state index >= 15 is 0 Å². The molecule has 34 heavy (non-hydrogen) atoms. The van der Waals surface area contributed by atoms with Gasteiger partial charge in [0.15, 0.2) is 0 Å². The van der Waals surface area contributed by atoms with Gasteiger partial charge in [0.05, 0.1) is 10.5 Å². The van der Waals surface area contributed by atoms with Gasteiger partial charge in [-0.25, -0.2) is 22.9 Å². The van der Waals surface area contributed by atoms with E-state index in [1.807, 2.05) is 25.5 Å². The number of nitrogens with zero attached hydrogens (tertiary/aromatic N) is 1. The maximum absolute atomic E-state index is 12.6. The minimum Gasteiger partial charge on any atom is -0.458 e. The van der Waals surface area contributed by atoms with Crippen LogP contribution in [-0.4, -0.2) is 43.8 Å². The lowest BCUT2D eigenvalue weighted by Crippen LogP contribution is -2.30. The standard InChI is InChI=1S/C24H31N3O6S/c1-4-7-22(28)25-15-14-17-8-11-20(12-9-17)34(31,32)27-23(29)18-10-13-21(26-16-18)24(30)33-19(5-2)6-3/h8-13,16,19H,4-7,14-15H2,1-3H3,(H,25,28)(H,27,29). The van der Waals surface area contributed by atoms with Crippen LogP contribution in [0.25, 0.3) is 0 Å². The van der Waals surface area contributed by atoms with Gasteiger partial charge < -0.3 is 10.1 Å². The molecule has 1 heterocycles. The third-order valence-electron chi connectivity index (χ3n) is 5.09. The van der Waals surface area contributed by atoms with Gasteiger partial charge in [-0.3, -0.25) is 9.59 Å².